The van der Waals surface area contributed by atoms with E-state index in [2.05, 4.69) is 15.9 Å². The van der Waals surface area contributed by atoms with Crippen LogP contribution < -0.4 is 0 Å². The number of hydrogen-bond donors (Lipinski definition) is 2. The number of carboxylic acid groups (broad SMARTS) is 2. The summed E-state index contributed by atoms with van der Waals surface area (Å²) in [6.45, 7) is 1.57. The number of carboxylic acids is 2. The summed E-state index contributed by atoms with van der Waals surface area (Å²) in [4.78, 5) is 32.8. The van der Waals surface area contributed by atoms with E-state index >= 15 is 0 Å². The van der Waals surface area contributed by atoms with Crippen molar-refractivity contribution < 1.29 is 24.6 Å². The fourth-order valence-electron chi connectivity index (χ4n) is 1.28. The molecule has 5 nitrogen and oxygen atoms in total. The van der Waals surface area contributed by atoms with Crippen molar-refractivity contribution >= 4 is 33.7 Å². The third kappa shape index (κ3) is 2.91. The van der Waals surface area contributed by atoms with Gasteiger partial charge in [0.05, 0.1) is 16.0 Å². The summed E-state index contributed by atoms with van der Waals surface area (Å²) < 4.78 is 0. The Kier molecular flexibility index (Phi) is 4.01. The van der Waals surface area contributed by atoms with E-state index in [-0.39, 0.29) is 16.7 Å². The van der Waals surface area contributed by atoms with Crippen molar-refractivity contribution in [2.75, 3.05) is 0 Å². The van der Waals surface area contributed by atoms with Crippen LogP contribution in [0.25, 0.3) is 0 Å². The van der Waals surface area contributed by atoms with Gasteiger partial charge in [0.25, 0.3) is 0 Å². The maximum atomic E-state index is 11.7. The highest BCUT2D eigenvalue weighted by Crippen LogP contribution is 2.17. The third-order valence-corrected chi connectivity index (χ3v) is 2.54. The smallest absolute Gasteiger partial charge is 0.336 e. The second-order valence-electron chi connectivity index (χ2n) is 3.35. The summed E-state index contributed by atoms with van der Waals surface area (Å²) >= 11 is 3.05. The fourth-order valence-corrected chi connectivity index (χ4v) is 1.53. The quantitative estimate of drug-likeness (QED) is 0.656. The molecular weight excluding hydrogens is 292 g/mol. The summed E-state index contributed by atoms with van der Waals surface area (Å²) in [5.41, 5.74) is -0.478. The lowest BCUT2D eigenvalue weighted by atomic mass is 9.99. The van der Waals surface area contributed by atoms with E-state index in [1.165, 1.54) is 12.1 Å². The second kappa shape index (κ2) is 5.09. The molecule has 1 rings (SSSR count). The van der Waals surface area contributed by atoms with Crippen LogP contribution in [-0.4, -0.2) is 32.8 Å². The SMILES string of the molecule is CC(Br)C(=O)c1ccc(C(=O)O)cc1C(=O)O. The fraction of sp³-hybridized carbons (Fsp3) is 0.182. The van der Waals surface area contributed by atoms with Crippen molar-refractivity contribution in [2.24, 2.45) is 0 Å². The Labute approximate surface area is 105 Å². The van der Waals surface area contributed by atoms with E-state index in [0.29, 0.717) is 0 Å². The first-order valence-electron chi connectivity index (χ1n) is 4.63. The van der Waals surface area contributed by atoms with Crippen LogP contribution in [0.4, 0.5) is 0 Å². The minimum absolute atomic E-state index is 0.00752. The molecule has 0 saturated heterocycles. The number of aromatic carboxylic acids is 2. The lowest BCUT2D eigenvalue weighted by Crippen LogP contribution is -2.16. The van der Waals surface area contributed by atoms with Gasteiger partial charge >= 0.3 is 11.9 Å². The molecule has 1 unspecified atom stereocenters. The topological polar surface area (TPSA) is 91.7 Å². The number of hydrogen-bond acceptors (Lipinski definition) is 3. The summed E-state index contributed by atoms with van der Waals surface area (Å²) in [6.07, 6.45) is 0. The van der Waals surface area contributed by atoms with Crippen LogP contribution in [-0.2, 0) is 0 Å². The Morgan fingerprint density at radius 3 is 2.12 bits per heavy atom. The molecule has 1 aromatic rings. The molecule has 0 spiro atoms. The van der Waals surface area contributed by atoms with Crippen molar-refractivity contribution in [3.63, 3.8) is 0 Å². The second-order valence-corrected chi connectivity index (χ2v) is 4.72. The van der Waals surface area contributed by atoms with Crippen LogP contribution in [0.3, 0.4) is 0 Å². The Morgan fingerprint density at radius 2 is 1.71 bits per heavy atom. The lowest BCUT2D eigenvalue weighted by Gasteiger charge is -2.07. The van der Waals surface area contributed by atoms with Gasteiger partial charge in [-0.1, -0.05) is 15.9 Å². The number of carbonyl (C=O) groups is 3. The van der Waals surface area contributed by atoms with Crippen LogP contribution in [0, 0.1) is 0 Å². The lowest BCUT2D eigenvalue weighted by molar-refractivity contribution is 0.0692. The Morgan fingerprint density at radius 1 is 1.12 bits per heavy atom. The molecule has 0 aliphatic carbocycles. The number of rotatable bonds is 4. The maximum Gasteiger partial charge on any atom is 0.336 e. The van der Waals surface area contributed by atoms with E-state index in [4.69, 9.17) is 10.2 Å². The standard InChI is InChI=1S/C11H9BrO5/c1-5(12)9(13)7-3-2-6(10(14)15)4-8(7)11(16)17/h2-5H,1H3,(H,14,15)(H,16,17). The molecule has 0 amide bonds. The summed E-state index contributed by atoms with van der Waals surface area (Å²) in [5.74, 6) is -2.97. The van der Waals surface area contributed by atoms with Gasteiger partial charge in [-0.05, 0) is 25.1 Å². The Bertz CT molecular complexity index is 493. The van der Waals surface area contributed by atoms with E-state index in [1.807, 2.05) is 0 Å². The molecule has 2 N–H and O–H groups in total. The highest BCUT2D eigenvalue weighted by Gasteiger charge is 2.21. The number of Topliss-reactive ketones (excluding diaryl/α,β-unsaturated/α-hetero) is 1. The van der Waals surface area contributed by atoms with E-state index in [0.717, 1.165) is 6.07 Å². The first-order valence-corrected chi connectivity index (χ1v) is 5.55. The molecule has 0 aromatic heterocycles. The predicted octanol–water partition coefficient (Wildman–Crippen LogP) is 2.05. The minimum Gasteiger partial charge on any atom is -0.478 e. The summed E-state index contributed by atoms with van der Waals surface area (Å²) in [6, 6.07) is 3.40. The van der Waals surface area contributed by atoms with Crippen molar-refractivity contribution in [3.8, 4) is 0 Å². The zero-order chi connectivity index (χ0) is 13.2. The molecule has 0 radical (unpaired) electrons. The van der Waals surface area contributed by atoms with Gasteiger partial charge in [-0.25, -0.2) is 9.59 Å². The number of halogens is 1. The maximum absolute atomic E-state index is 11.7. The van der Waals surface area contributed by atoms with Gasteiger partial charge in [-0.2, -0.15) is 0 Å². The van der Waals surface area contributed by atoms with Crippen molar-refractivity contribution in [1.82, 2.24) is 0 Å². The molecule has 0 aliphatic heterocycles. The zero-order valence-corrected chi connectivity index (χ0v) is 10.4. The van der Waals surface area contributed by atoms with Gasteiger partial charge in [0.15, 0.2) is 5.78 Å². The molecule has 1 atom stereocenters. The first-order chi connectivity index (χ1) is 7.84. The first kappa shape index (κ1) is 13.4. The average molecular weight is 301 g/mol. The van der Waals surface area contributed by atoms with Gasteiger partial charge in [0.2, 0.25) is 0 Å². The van der Waals surface area contributed by atoms with Gasteiger partial charge in [-0.3, -0.25) is 4.79 Å². The zero-order valence-electron chi connectivity index (χ0n) is 8.81. The van der Waals surface area contributed by atoms with E-state index in [9.17, 15) is 14.4 Å². The average Bonchev–Trinajstić information content (AvgIpc) is 2.26. The molecule has 6 heteroatoms. The van der Waals surface area contributed by atoms with Crippen LogP contribution in [0.2, 0.25) is 0 Å². The van der Waals surface area contributed by atoms with Crippen LogP contribution in [0.1, 0.15) is 38.0 Å². The molecule has 0 heterocycles. The number of ketones is 1. The van der Waals surface area contributed by atoms with Crippen LogP contribution in [0.15, 0.2) is 18.2 Å². The van der Waals surface area contributed by atoms with E-state index < -0.39 is 22.5 Å². The van der Waals surface area contributed by atoms with Crippen molar-refractivity contribution in [2.45, 2.75) is 11.8 Å². The van der Waals surface area contributed by atoms with Crippen molar-refractivity contribution in [1.29, 1.82) is 0 Å². The monoisotopic (exact) mass is 300 g/mol. The number of alkyl halides is 1. The molecule has 0 fully saturated rings. The van der Waals surface area contributed by atoms with Gasteiger partial charge in [-0.15, -0.1) is 0 Å². The predicted molar refractivity (Wildman–Crippen MR) is 63.1 cm³/mol. The number of benzene rings is 1. The van der Waals surface area contributed by atoms with Gasteiger partial charge < -0.3 is 10.2 Å². The molecule has 0 bridgehead atoms. The minimum atomic E-state index is -1.33. The number of carbonyl (C=O) groups excluding carboxylic acids is 1. The normalized spacial score (nSPS) is 11.9. The van der Waals surface area contributed by atoms with E-state index in [1.54, 1.807) is 6.92 Å². The highest BCUT2D eigenvalue weighted by atomic mass is 79.9. The summed E-state index contributed by atoms with van der Waals surface area (Å²) in [7, 11) is 0. The van der Waals surface area contributed by atoms with Crippen LogP contribution in [0.5, 0.6) is 0 Å². The van der Waals surface area contributed by atoms with Crippen LogP contribution >= 0.6 is 15.9 Å². The molecule has 0 aliphatic rings. The molecule has 1 aromatic carbocycles. The highest BCUT2D eigenvalue weighted by molar-refractivity contribution is 9.10. The Hall–Kier alpha value is -1.69. The summed E-state index contributed by atoms with van der Waals surface area (Å²) in [5, 5.41) is 17.7. The van der Waals surface area contributed by atoms with Gasteiger partial charge in [0.1, 0.15) is 0 Å². The van der Waals surface area contributed by atoms with Crippen molar-refractivity contribution in [3.05, 3.63) is 34.9 Å². The largest absolute Gasteiger partial charge is 0.478 e. The van der Waals surface area contributed by atoms with Gasteiger partial charge in [0, 0.05) is 5.56 Å². The third-order valence-electron chi connectivity index (χ3n) is 2.12. The molecule has 90 valence electrons. The Balaban J connectivity index is 3.37. The molecular formula is C11H9BrO5. The molecule has 17 heavy (non-hydrogen) atoms. The molecule has 0 saturated carbocycles.